The van der Waals surface area contributed by atoms with Crippen LogP contribution in [0.2, 0.25) is 0 Å². The lowest BCUT2D eigenvalue weighted by atomic mass is 9.90. The van der Waals surface area contributed by atoms with Gasteiger partial charge in [0.2, 0.25) is 0 Å². The fourth-order valence-electron chi connectivity index (χ4n) is 8.73. The summed E-state index contributed by atoms with van der Waals surface area (Å²) in [6, 6.07) is 14.7. The third-order valence-electron chi connectivity index (χ3n) is 11.8. The Morgan fingerprint density at radius 2 is 1.01 bits per heavy atom. The van der Waals surface area contributed by atoms with Crippen LogP contribution in [0.4, 0.5) is 26.3 Å². The van der Waals surface area contributed by atoms with Gasteiger partial charge in [-0.3, -0.25) is 0 Å². The number of rotatable bonds is 9. The SMILES string of the molecule is COc1cc(/C=C/c2nc3n(n2)CCC[C@H]3c2c(F)cc(F)cc2F)ccc1-n1cnc(C)c1.Cc1cn(-c2ccc(/C=C/c3nc4n(n3)CCC[C@@H]4c3c(F)cc(F)cc3F)cc2C)cn1. The number of aromatic nitrogens is 10. The molecule has 0 radical (unpaired) electrons. The second-order valence-electron chi connectivity index (χ2n) is 16.5. The molecule has 2 aliphatic rings. The zero-order chi connectivity index (χ0) is 46.9. The van der Waals surface area contributed by atoms with Crippen LogP contribution in [0.5, 0.6) is 5.75 Å². The predicted octanol–water partition coefficient (Wildman–Crippen LogP) is 10.9. The van der Waals surface area contributed by atoms with E-state index in [-0.39, 0.29) is 11.1 Å². The van der Waals surface area contributed by atoms with Crippen LogP contribution in [0.1, 0.15) is 100 Å². The van der Waals surface area contributed by atoms with Crippen LogP contribution in [0.3, 0.4) is 0 Å². The Bertz CT molecular complexity index is 3140. The number of fused-ring (bicyclic) bond motifs is 2. The number of hydrogen-bond donors (Lipinski definition) is 0. The van der Waals surface area contributed by atoms with Crippen molar-refractivity contribution in [3.05, 3.63) is 183 Å². The highest BCUT2D eigenvalue weighted by atomic mass is 19.2. The van der Waals surface area contributed by atoms with E-state index < -0.39 is 46.7 Å². The molecule has 0 aliphatic carbocycles. The summed E-state index contributed by atoms with van der Waals surface area (Å²) in [6.07, 6.45) is 17.1. The quantitative estimate of drug-likeness (QED) is 0.133. The van der Waals surface area contributed by atoms with Gasteiger partial charge in [0.25, 0.3) is 0 Å². The van der Waals surface area contributed by atoms with E-state index in [4.69, 9.17) is 4.74 Å². The third-order valence-corrected chi connectivity index (χ3v) is 11.8. The van der Waals surface area contributed by atoms with Gasteiger partial charge in [-0.1, -0.05) is 24.3 Å². The average molecular weight is 915 g/mol. The molecule has 0 saturated carbocycles. The van der Waals surface area contributed by atoms with Gasteiger partial charge >= 0.3 is 0 Å². The molecule has 0 N–H and O–H groups in total. The summed E-state index contributed by atoms with van der Waals surface area (Å²) in [5.74, 6) is -4.16. The second kappa shape index (κ2) is 18.7. The van der Waals surface area contributed by atoms with Crippen molar-refractivity contribution in [2.45, 2.75) is 71.4 Å². The lowest BCUT2D eigenvalue weighted by Crippen LogP contribution is -2.20. The molecule has 0 spiro atoms. The van der Waals surface area contributed by atoms with Crippen molar-refractivity contribution in [2.75, 3.05) is 7.11 Å². The standard InChI is InChI=1S/C25H22F3N5O.C25H22F3N5/c1-15-13-32(14-29-15)21-7-5-16(10-22(21)34-2)6-8-23-30-25-18(4-3-9-33(25)31-23)24-19(27)11-17(26)12-20(24)28;1-15-10-17(5-7-22(15)32-13-16(2)29-14-32)6-8-23-30-25-19(4-3-9-33(25)31-23)24-20(27)11-18(26)12-21(24)28/h5-8,10-14,18H,3-4,9H2,1-2H3;5-8,10-14,19H,3-4,9H2,1-2H3/b2*8-6+/t18-;19-/m01/s1. The Morgan fingerprint density at radius 1 is 0.567 bits per heavy atom. The highest BCUT2D eigenvalue weighted by molar-refractivity contribution is 5.69. The number of nitrogens with zero attached hydrogens (tertiary/aromatic N) is 10. The molecule has 6 heterocycles. The molecule has 2 aliphatic heterocycles. The van der Waals surface area contributed by atoms with Crippen LogP contribution in [0, 0.1) is 55.7 Å². The Hall–Kier alpha value is -7.56. The van der Waals surface area contributed by atoms with Crippen molar-refractivity contribution in [2.24, 2.45) is 0 Å². The Labute approximate surface area is 381 Å². The van der Waals surface area contributed by atoms with Crippen LogP contribution in [0.25, 0.3) is 35.7 Å². The Kier molecular flexibility index (Phi) is 12.5. The first-order valence-electron chi connectivity index (χ1n) is 21.7. The highest BCUT2D eigenvalue weighted by Gasteiger charge is 2.32. The minimum Gasteiger partial charge on any atom is -0.495 e. The highest BCUT2D eigenvalue weighted by Crippen LogP contribution is 2.37. The summed E-state index contributed by atoms with van der Waals surface area (Å²) in [6.45, 7) is 7.12. The van der Waals surface area contributed by atoms with E-state index in [2.05, 4.69) is 36.2 Å². The smallest absolute Gasteiger partial charge is 0.174 e. The summed E-state index contributed by atoms with van der Waals surface area (Å²) in [5.41, 5.74) is 6.39. The number of methoxy groups -OCH3 is 1. The monoisotopic (exact) mass is 914 g/mol. The molecule has 0 unspecified atom stereocenters. The molecule has 4 aromatic carbocycles. The number of hydrogen-bond acceptors (Lipinski definition) is 7. The normalized spacial score (nSPS) is 15.7. The molecule has 8 aromatic rings. The number of benzene rings is 4. The zero-order valence-corrected chi connectivity index (χ0v) is 36.9. The van der Waals surface area contributed by atoms with E-state index in [1.165, 1.54) is 0 Å². The molecular formula is C50H44F6N10O. The molecule has 17 heteroatoms. The number of halogens is 6. The lowest BCUT2D eigenvalue weighted by Gasteiger charge is -2.23. The van der Waals surface area contributed by atoms with Gasteiger partial charge in [0.15, 0.2) is 11.6 Å². The van der Waals surface area contributed by atoms with Gasteiger partial charge in [0, 0.05) is 78.4 Å². The van der Waals surface area contributed by atoms with Gasteiger partial charge in [-0.2, -0.15) is 10.2 Å². The first kappa shape index (κ1) is 44.6. The van der Waals surface area contributed by atoms with E-state index in [9.17, 15) is 26.3 Å². The van der Waals surface area contributed by atoms with Gasteiger partial charge in [0.05, 0.1) is 36.8 Å². The maximum absolute atomic E-state index is 14.4. The maximum Gasteiger partial charge on any atom is 0.174 e. The van der Waals surface area contributed by atoms with Gasteiger partial charge in [-0.25, -0.2) is 55.6 Å². The maximum atomic E-state index is 14.4. The molecule has 67 heavy (non-hydrogen) atoms. The van der Waals surface area contributed by atoms with Crippen molar-refractivity contribution in [1.82, 2.24) is 48.6 Å². The number of imidazole rings is 2. The van der Waals surface area contributed by atoms with Crippen molar-refractivity contribution < 1.29 is 31.1 Å². The van der Waals surface area contributed by atoms with E-state index in [1.807, 2.05) is 84.8 Å². The van der Waals surface area contributed by atoms with Crippen LogP contribution in [-0.4, -0.2) is 55.7 Å². The fourth-order valence-corrected chi connectivity index (χ4v) is 8.73. The van der Waals surface area contributed by atoms with Gasteiger partial charge in [-0.05, 0) is 99.6 Å². The molecule has 0 bridgehead atoms. The summed E-state index contributed by atoms with van der Waals surface area (Å²) < 4.78 is 97.2. The van der Waals surface area contributed by atoms with E-state index in [1.54, 1.807) is 41.3 Å². The molecular weight excluding hydrogens is 871 g/mol. The molecule has 4 aromatic heterocycles. The summed E-state index contributed by atoms with van der Waals surface area (Å²) in [7, 11) is 1.61. The van der Waals surface area contributed by atoms with Gasteiger partial charge in [0.1, 0.15) is 52.3 Å². The fraction of sp³-hybridized carbons (Fsp3) is 0.240. The molecule has 2 atom stereocenters. The van der Waals surface area contributed by atoms with Crippen molar-refractivity contribution in [3.8, 4) is 17.1 Å². The predicted molar refractivity (Wildman–Crippen MR) is 241 cm³/mol. The zero-order valence-electron chi connectivity index (χ0n) is 36.9. The molecule has 0 fully saturated rings. The van der Waals surface area contributed by atoms with E-state index in [0.29, 0.717) is 92.1 Å². The summed E-state index contributed by atoms with van der Waals surface area (Å²) >= 11 is 0. The Balaban J connectivity index is 0.000000168. The number of aryl methyl sites for hydroxylation is 5. The first-order valence-corrected chi connectivity index (χ1v) is 21.7. The largest absolute Gasteiger partial charge is 0.495 e. The minimum absolute atomic E-state index is 0.152. The van der Waals surface area contributed by atoms with Crippen molar-refractivity contribution in [1.29, 1.82) is 0 Å². The molecule has 342 valence electrons. The van der Waals surface area contributed by atoms with Gasteiger partial charge < -0.3 is 13.9 Å². The van der Waals surface area contributed by atoms with Gasteiger partial charge in [-0.15, -0.1) is 0 Å². The molecule has 11 nitrogen and oxygen atoms in total. The van der Waals surface area contributed by atoms with Crippen LogP contribution < -0.4 is 4.74 Å². The molecule has 0 amide bonds. The molecule has 0 saturated heterocycles. The Morgan fingerprint density at radius 3 is 1.45 bits per heavy atom. The molecule has 10 rings (SSSR count). The van der Waals surface area contributed by atoms with E-state index in [0.717, 1.165) is 39.5 Å². The van der Waals surface area contributed by atoms with E-state index >= 15 is 0 Å². The van der Waals surface area contributed by atoms with Crippen molar-refractivity contribution in [3.63, 3.8) is 0 Å². The summed E-state index contributed by atoms with van der Waals surface area (Å²) in [5, 5.41) is 8.98. The van der Waals surface area contributed by atoms with Crippen molar-refractivity contribution >= 4 is 24.3 Å². The average Bonchev–Trinajstić information content (AvgIpc) is 4.12. The topological polar surface area (TPSA) is 106 Å². The number of ether oxygens (including phenoxy) is 1. The first-order chi connectivity index (χ1) is 32.3. The summed E-state index contributed by atoms with van der Waals surface area (Å²) in [4.78, 5) is 17.6. The lowest BCUT2D eigenvalue weighted by molar-refractivity contribution is 0.413. The van der Waals surface area contributed by atoms with Crippen LogP contribution in [0.15, 0.2) is 85.7 Å². The minimum atomic E-state index is -0.940. The second-order valence-corrected chi connectivity index (χ2v) is 16.5. The van der Waals surface area contributed by atoms with Crippen LogP contribution in [-0.2, 0) is 13.1 Å². The third kappa shape index (κ3) is 9.44. The van der Waals surface area contributed by atoms with Crippen LogP contribution >= 0.6 is 0 Å².